The van der Waals surface area contributed by atoms with Crippen LogP contribution in [0.4, 0.5) is 0 Å². The van der Waals surface area contributed by atoms with Crippen molar-refractivity contribution in [3.05, 3.63) is 0 Å². The fourth-order valence-electron chi connectivity index (χ4n) is 3.82. The number of hydrogen-bond acceptors (Lipinski definition) is 1. The largest absolute Gasteiger partial charge is 0.325 e. The average molecular weight is 211 g/mol. The molecule has 2 N–H and O–H groups in total. The third-order valence-corrected chi connectivity index (χ3v) is 4.94. The van der Waals surface area contributed by atoms with Crippen molar-refractivity contribution in [3.8, 4) is 0 Å². The van der Waals surface area contributed by atoms with Crippen LogP contribution >= 0.6 is 0 Å². The van der Waals surface area contributed by atoms with Crippen LogP contribution in [0.5, 0.6) is 0 Å². The quantitative estimate of drug-likeness (QED) is 0.697. The molecule has 88 valence electrons. The van der Waals surface area contributed by atoms with Crippen LogP contribution in [0.15, 0.2) is 0 Å². The van der Waals surface area contributed by atoms with E-state index in [1.807, 2.05) is 0 Å². The lowest BCUT2D eigenvalue weighted by Gasteiger charge is -2.50. The highest BCUT2D eigenvalue weighted by Crippen LogP contribution is 2.33. The molecule has 1 saturated heterocycles. The Morgan fingerprint density at radius 2 is 1.67 bits per heavy atom. The number of rotatable bonds is 2. The maximum Gasteiger partial charge on any atom is 0.101 e. The molecule has 0 aromatic carbocycles. The Bertz CT molecular complexity index is 199. The Labute approximate surface area is 94.4 Å². The van der Waals surface area contributed by atoms with Crippen molar-refractivity contribution < 1.29 is 4.48 Å². The number of nitrogens with two attached hydrogens (primary N) is 1. The van der Waals surface area contributed by atoms with Gasteiger partial charge in [0.25, 0.3) is 0 Å². The van der Waals surface area contributed by atoms with Crippen molar-refractivity contribution in [3.63, 3.8) is 0 Å². The van der Waals surface area contributed by atoms with Gasteiger partial charge in [0.15, 0.2) is 0 Å². The van der Waals surface area contributed by atoms with Crippen molar-refractivity contribution in [1.82, 2.24) is 0 Å². The van der Waals surface area contributed by atoms with Gasteiger partial charge in [-0.15, -0.1) is 0 Å². The predicted octanol–water partition coefficient (Wildman–Crippen LogP) is 2.28. The van der Waals surface area contributed by atoms with Crippen LogP contribution < -0.4 is 5.73 Å². The summed E-state index contributed by atoms with van der Waals surface area (Å²) in [4.78, 5) is 0. The monoisotopic (exact) mass is 211 g/mol. The maximum absolute atomic E-state index is 5.97. The highest BCUT2D eigenvalue weighted by Gasteiger charge is 2.41. The van der Waals surface area contributed by atoms with Crippen molar-refractivity contribution in [2.75, 3.05) is 20.1 Å². The first kappa shape index (κ1) is 11.4. The van der Waals surface area contributed by atoms with Gasteiger partial charge < -0.3 is 10.2 Å². The lowest BCUT2D eigenvalue weighted by molar-refractivity contribution is -0.960. The van der Waals surface area contributed by atoms with Crippen LogP contribution in [0.2, 0.25) is 0 Å². The Morgan fingerprint density at radius 3 is 2.33 bits per heavy atom. The summed E-state index contributed by atoms with van der Waals surface area (Å²) < 4.78 is 1.30. The molecule has 0 bridgehead atoms. The van der Waals surface area contributed by atoms with Gasteiger partial charge in [-0.25, -0.2) is 0 Å². The molecule has 0 amide bonds. The minimum atomic E-state index is 0.752. The van der Waals surface area contributed by atoms with Gasteiger partial charge in [0.05, 0.1) is 19.6 Å². The van der Waals surface area contributed by atoms with Crippen molar-refractivity contribution in [1.29, 1.82) is 0 Å². The Kier molecular flexibility index (Phi) is 3.68. The second-order valence-electron chi connectivity index (χ2n) is 5.75. The molecule has 2 aliphatic rings. The van der Waals surface area contributed by atoms with E-state index in [1.165, 1.54) is 62.4 Å². The fourth-order valence-corrected chi connectivity index (χ4v) is 3.82. The molecule has 1 aliphatic carbocycles. The molecule has 1 heterocycles. The first-order valence-electron chi connectivity index (χ1n) is 6.82. The van der Waals surface area contributed by atoms with Crippen LogP contribution in [-0.4, -0.2) is 36.7 Å². The molecular formula is C13H27N2+. The van der Waals surface area contributed by atoms with Crippen LogP contribution in [0.1, 0.15) is 51.4 Å². The van der Waals surface area contributed by atoms with Crippen LogP contribution in [-0.2, 0) is 0 Å². The summed E-state index contributed by atoms with van der Waals surface area (Å²) in [5.41, 5.74) is 5.97. The summed E-state index contributed by atoms with van der Waals surface area (Å²) in [6.45, 7) is 2.28. The second kappa shape index (κ2) is 4.84. The van der Waals surface area contributed by atoms with E-state index < -0.39 is 0 Å². The first-order chi connectivity index (χ1) is 7.27. The number of nitrogens with zero attached hydrogens (tertiary/aromatic N) is 1. The zero-order valence-corrected chi connectivity index (χ0v) is 10.3. The van der Waals surface area contributed by atoms with E-state index in [-0.39, 0.29) is 0 Å². The van der Waals surface area contributed by atoms with Gasteiger partial charge in [-0.3, -0.25) is 0 Å². The van der Waals surface area contributed by atoms with Gasteiger partial charge in [0.2, 0.25) is 0 Å². The van der Waals surface area contributed by atoms with E-state index in [2.05, 4.69) is 7.05 Å². The Hall–Kier alpha value is -0.0800. The summed E-state index contributed by atoms with van der Waals surface area (Å²) in [5.74, 6) is 0. The van der Waals surface area contributed by atoms with E-state index in [0.717, 1.165) is 18.6 Å². The van der Waals surface area contributed by atoms with Gasteiger partial charge in [-0.2, -0.15) is 0 Å². The third kappa shape index (κ3) is 2.21. The van der Waals surface area contributed by atoms with Gasteiger partial charge in [-0.1, -0.05) is 6.42 Å². The zero-order chi connectivity index (χ0) is 10.7. The van der Waals surface area contributed by atoms with Gasteiger partial charge in [0.1, 0.15) is 6.04 Å². The van der Waals surface area contributed by atoms with E-state index >= 15 is 0 Å². The lowest BCUT2D eigenvalue weighted by atomic mass is 9.87. The molecule has 1 saturated carbocycles. The van der Waals surface area contributed by atoms with Crippen molar-refractivity contribution in [2.24, 2.45) is 5.73 Å². The van der Waals surface area contributed by atoms with Crippen LogP contribution in [0.25, 0.3) is 0 Å². The molecule has 2 unspecified atom stereocenters. The van der Waals surface area contributed by atoms with E-state index in [4.69, 9.17) is 5.73 Å². The van der Waals surface area contributed by atoms with Crippen LogP contribution in [0.3, 0.4) is 0 Å². The van der Waals surface area contributed by atoms with E-state index in [1.54, 1.807) is 0 Å². The highest BCUT2D eigenvalue weighted by atomic mass is 15.4. The molecular weight excluding hydrogens is 184 g/mol. The van der Waals surface area contributed by atoms with Gasteiger partial charge in [-0.05, 0) is 38.5 Å². The standard InChI is InChI=1S/C13H27N2/c1-15(12-7-3-2-4-8-12)10-6-5-9-13(15)11-14/h12-13H,2-11,14H2,1H3/q+1. The fraction of sp³-hybridized carbons (Fsp3) is 1.00. The summed E-state index contributed by atoms with van der Waals surface area (Å²) in [7, 11) is 2.48. The molecule has 2 rings (SSSR count). The summed E-state index contributed by atoms with van der Waals surface area (Å²) >= 11 is 0. The minimum absolute atomic E-state index is 0.752. The molecule has 0 spiro atoms. The molecule has 2 heteroatoms. The number of hydrogen-bond donors (Lipinski definition) is 1. The number of quaternary nitrogens is 1. The maximum atomic E-state index is 5.97. The molecule has 0 aromatic heterocycles. The predicted molar refractivity (Wildman–Crippen MR) is 64.6 cm³/mol. The van der Waals surface area contributed by atoms with Crippen molar-refractivity contribution in [2.45, 2.75) is 63.5 Å². The number of piperidine rings is 1. The summed E-state index contributed by atoms with van der Waals surface area (Å²) in [6.07, 6.45) is 11.5. The Balaban J connectivity index is 2.06. The Morgan fingerprint density at radius 1 is 1.00 bits per heavy atom. The molecule has 1 aliphatic heterocycles. The third-order valence-electron chi connectivity index (χ3n) is 4.94. The van der Waals surface area contributed by atoms with Crippen LogP contribution in [0, 0.1) is 0 Å². The normalized spacial score (nSPS) is 39.2. The smallest absolute Gasteiger partial charge is 0.101 e. The van der Waals surface area contributed by atoms with Crippen molar-refractivity contribution >= 4 is 0 Å². The zero-order valence-electron chi connectivity index (χ0n) is 10.3. The molecule has 15 heavy (non-hydrogen) atoms. The minimum Gasteiger partial charge on any atom is -0.325 e. The topological polar surface area (TPSA) is 26.0 Å². The second-order valence-corrected chi connectivity index (χ2v) is 5.75. The molecule has 2 fully saturated rings. The number of likely N-dealkylation sites (N-methyl/N-ethyl adjacent to an activating group) is 1. The van der Waals surface area contributed by atoms with E-state index in [0.29, 0.717) is 0 Å². The highest BCUT2D eigenvalue weighted by molar-refractivity contribution is 4.74. The van der Waals surface area contributed by atoms with Gasteiger partial charge in [0, 0.05) is 13.0 Å². The average Bonchev–Trinajstić information content (AvgIpc) is 2.31. The van der Waals surface area contributed by atoms with Gasteiger partial charge >= 0.3 is 0 Å². The summed E-state index contributed by atoms with van der Waals surface area (Å²) in [5, 5.41) is 0. The SMILES string of the molecule is C[N+]1(C2CCCCC2)CCCCC1CN. The molecule has 2 nitrogen and oxygen atoms in total. The number of likely N-dealkylation sites (tertiary alicyclic amines) is 1. The molecule has 0 aromatic rings. The molecule has 2 atom stereocenters. The summed E-state index contributed by atoms with van der Waals surface area (Å²) in [6, 6.07) is 1.68. The first-order valence-corrected chi connectivity index (χ1v) is 6.82. The molecule has 0 radical (unpaired) electrons. The van der Waals surface area contributed by atoms with E-state index in [9.17, 15) is 0 Å². The lowest BCUT2D eigenvalue weighted by Crippen LogP contribution is -2.63.